The van der Waals surface area contributed by atoms with Gasteiger partial charge in [-0.25, -0.2) is 0 Å². The lowest BCUT2D eigenvalue weighted by atomic mass is 9.91. The molecule has 0 unspecified atom stereocenters. The molecule has 0 aliphatic rings. The zero-order chi connectivity index (χ0) is 30.3. The van der Waals surface area contributed by atoms with E-state index in [-0.39, 0.29) is 11.5 Å². The zero-order valence-corrected chi connectivity index (χ0v) is 24.2. The van der Waals surface area contributed by atoms with Gasteiger partial charge in [0.15, 0.2) is 0 Å². The van der Waals surface area contributed by atoms with Crippen LogP contribution in [-0.2, 0) is 6.42 Å². The molecule has 216 valence electrons. The Bertz CT molecular complexity index is 2160. The lowest BCUT2D eigenvalue weighted by molar-refractivity contribution is 0.477. The molecule has 4 N–H and O–H groups in total. The van der Waals surface area contributed by atoms with Crippen LogP contribution in [0.2, 0.25) is 0 Å². The molecule has 0 amide bonds. The van der Waals surface area contributed by atoms with Gasteiger partial charge in [0.25, 0.3) is 0 Å². The van der Waals surface area contributed by atoms with Gasteiger partial charge >= 0.3 is 0 Å². The molecule has 6 nitrogen and oxygen atoms in total. The first-order valence-electron chi connectivity index (χ1n) is 14.8. The lowest BCUT2D eigenvalue weighted by Gasteiger charge is -2.13. The molecule has 45 heavy (non-hydrogen) atoms. The molecule has 0 spiro atoms. The molecule has 2 heterocycles. The van der Waals surface area contributed by atoms with Crippen LogP contribution in [0.25, 0.3) is 66.3 Å². The maximum absolute atomic E-state index is 11.1. The fourth-order valence-corrected chi connectivity index (χ4v) is 6.20. The monoisotopic (exact) mass is 584 g/mol. The van der Waals surface area contributed by atoms with Crippen LogP contribution < -0.4 is 0 Å². The Morgan fingerprint density at radius 1 is 0.444 bits per heavy atom. The second-order valence-electron chi connectivity index (χ2n) is 11.3. The van der Waals surface area contributed by atoms with Gasteiger partial charge in [-0.15, -0.1) is 0 Å². The van der Waals surface area contributed by atoms with Crippen LogP contribution in [-0.4, -0.2) is 30.6 Å². The fourth-order valence-electron chi connectivity index (χ4n) is 6.20. The highest BCUT2D eigenvalue weighted by Gasteiger charge is 2.16. The predicted molar refractivity (Wildman–Crippen MR) is 180 cm³/mol. The van der Waals surface area contributed by atoms with E-state index < -0.39 is 0 Å². The van der Waals surface area contributed by atoms with Crippen molar-refractivity contribution in [1.82, 2.24) is 20.4 Å². The van der Waals surface area contributed by atoms with E-state index >= 15 is 0 Å². The SMILES string of the molecule is Oc1ccc(Cc2ccc(O)c(-c3cc(-c4ccccc4)cc4[nH]ncc34)c2)cc1-c1cc(-c2ccccc2)cc2[nH]ncc12. The number of hydrogen-bond acceptors (Lipinski definition) is 4. The van der Waals surface area contributed by atoms with Crippen molar-refractivity contribution in [3.63, 3.8) is 0 Å². The number of hydrogen-bond donors (Lipinski definition) is 4. The van der Waals surface area contributed by atoms with E-state index in [0.717, 1.165) is 77.4 Å². The molecule has 6 aromatic carbocycles. The fraction of sp³-hybridized carbons (Fsp3) is 0.0256. The summed E-state index contributed by atoms with van der Waals surface area (Å²) in [5, 5.41) is 38.8. The zero-order valence-electron chi connectivity index (χ0n) is 24.2. The van der Waals surface area contributed by atoms with Crippen molar-refractivity contribution in [3.05, 3.63) is 145 Å². The number of phenolic OH excluding ortho intramolecular Hbond substituents is 2. The third-order valence-electron chi connectivity index (χ3n) is 8.44. The molecule has 2 aromatic heterocycles. The topological polar surface area (TPSA) is 97.8 Å². The minimum Gasteiger partial charge on any atom is -0.507 e. The molecule has 6 heteroatoms. The molecule has 0 bridgehead atoms. The maximum Gasteiger partial charge on any atom is 0.123 e. The lowest BCUT2D eigenvalue weighted by Crippen LogP contribution is -1.92. The van der Waals surface area contributed by atoms with Crippen LogP contribution >= 0.6 is 0 Å². The Morgan fingerprint density at radius 2 is 0.889 bits per heavy atom. The Labute approximate surface area is 259 Å². The van der Waals surface area contributed by atoms with Crippen LogP contribution in [0.3, 0.4) is 0 Å². The number of H-pyrrole nitrogens is 2. The standard InChI is InChI=1S/C39H28N4O2/c44-38-13-11-24(16-32(38)30-18-28(26-7-3-1-4-8-26)20-36-34(30)22-40-42-36)15-25-12-14-39(45)33(17-25)31-19-29(27-9-5-2-6-10-27)21-37-35(31)23-41-43-37/h1-14,16-23,44-45H,15H2,(H,40,42)(H,41,43). The molecule has 0 atom stereocenters. The highest BCUT2D eigenvalue weighted by atomic mass is 16.3. The van der Waals surface area contributed by atoms with Crippen LogP contribution in [0.15, 0.2) is 134 Å². The molecule has 0 saturated heterocycles. The van der Waals surface area contributed by atoms with Crippen LogP contribution in [0, 0.1) is 0 Å². The quantitative estimate of drug-likeness (QED) is 0.157. The summed E-state index contributed by atoms with van der Waals surface area (Å²) in [5.41, 5.74) is 11.4. The third-order valence-corrected chi connectivity index (χ3v) is 8.44. The average molecular weight is 585 g/mol. The maximum atomic E-state index is 11.1. The van der Waals surface area contributed by atoms with Gasteiger partial charge in [-0.3, -0.25) is 10.2 Å². The van der Waals surface area contributed by atoms with Gasteiger partial charge in [-0.05, 0) is 99.5 Å². The van der Waals surface area contributed by atoms with E-state index in [1.165, 1.54) is 0 Å². The molecule has 0 aliphatic carbocycles. The molecule has 0 aliphatic heterocycles. The molecular weight excluding hydrogens is 556 g/mol. The highest BCUT2D eigenvalue weighted by Crippen LogP contribution is 2.40. The van der Waals surface area contributed by atoms with E-state index in [2.05, 4.69) is 68.9 Å². The summed E-state index contributed by atoms with van der Waals surface area (Å²) >= 11 is 0. The number of aromatic nitrogens is 4. The van der Waals surface area contributed by atoms with Gasteiger partial charge < -0.3 is 10.2 Å². The van der Waals surface area contributed by atoms with Crippen LogP contribution in [0.1, 0.15) is 11.1 Å². The van der Waals surface area contributed by atoms with E-state index in [0.29, 0.717) is 6.42 Å². The van der Waals surface area contributed by atoms with Crippen molar-refractivity contribution in [3.8, 4) is 56.0 Å². The van der Waals surface area contributed by atoms with Gasteiger partial charge in [0.1, 0.15) is 11.5 Å². The van der Waals surface area contributed by atoms with Crippen LogP contribution in [0.5, 0.6) is 11.5 Å². The number of aromatic hydroxyl groups is 2. The summed E-state index contributed by atoms with van der Waals surface area (Å²) in [6.45, 7) is 0. The molecule has 8 aromatic rings. The van der Waals surface area contributed by atoms with Crippen molar-refractivity contribution < 1.29 is 10.2 Å². The number of nitrogens with zero attached hydrogens (tertiary/aromatic N) is 2. The Balaban J connectivity index is 1.19. The number of phenols is 2. The number of fused-ring (bicyclic) bond motifs is 2. The largest absolute Gasteiger partial charge is 0.507 e. The summed E-state index contributed by atoms with van der Waals surface area (Å²) < 4.78 is 0. The molecule has 0 fully saturated rings. The number of aromatic amines is 2. The summed E-state index contributed by atoms with van der Waals surface area (Å²) in [4.78, 5) is 0. The smallest absolute Gasteiger partial charge is 0.123 e. The normalized spacial score (nSPS) is 11.4. The van der Waals surface area contributed by atoms with E-state index in [1.807, 2.05) is 60.7 Å². The molecule has 8 rings (SSSR count). The Morgan fingerprint density at radius 3 is 1.33 bits per heavy atom. The summed E-state index contributed by atoms with van der Waals surface area (Å²) in [6, 6.07) is 40.3. The van der Waals surface area contributed by atoms with Crippen molar-refractivity contribution in [2.24, 2.45) is 0 Å². The molecular formula is C39H28N4O2. The number of rotatable bonds is 6. The second kappa shape index (κ2) is 10.8. The first kappa shape index (κ1) is 26.5. The van der Waals surface area contributed by atoms with E-state index in [1.54, 1.807) is 24.5 Å². The van der Waals surface area contributed by atoms with Crippen molar-refractivity contribution >= 4 is 21.8 Å². The average Bonchev–Trinajstić information content (AvgIpc) is 3.77. The second-order valence-corrected chi connectivity index (χ2v) is 11.3. The van der Waals surface area contributed by atoms with Gasteiger partial charge in [-0.2, -0.15) is 10.2 Å². The van der Waals surface area contributed by atoms with Crippen molar-refractivity contribution in [2.45, 2.75) is 6.42 Å². The highest BCUT2D eigenvalue weighted by molar-refractivity contribution is 6.00. The Hall–Kier alpha value is -6.14. The van der Waals surface area contributed by atoms with Crippen LogP contribution in [0.4, 0.5) is 0 Å². The minimum absolute atomic E-state index is 0.206. The minimum atomic E-state index is 0.206. The first-order valence-corrected chi connectivity index (χ1v) is 14.8. The van der Waals surface area contributed by atoms with E-state index in [4.69, 9.17) is 0 Å². The van der Waals surface area contributed by atoms with Gasteiger partial charge in [0.05, 0.1) is 23.4 Å². The molecule has 0 saturated carbocycles. The van der Waals surface area contributed by atoms with Gasteiger partial charge in [0.2, 0.25) is 0 Å². The number of nitrogens with one attached hydrogen (secondary N) is 2. The predicted octanol–water partition coefficient (Wildman–Crippen LogP) is 9.11. The van der Waals surface area contributed by atoms with Crippen molar-refractivity contribution in [1.29, 1.82) is 0 Å². The summed E-state index contributed by atoms with van der Waals surface area (Å²) in [5.74, 6) is 0.413. The van der Waals surface area contributed by atoms with Gasteiger partial charge in [0, 0.05) is 21.9 Å². The number of benzene rings is 6. The van der Waals surface area contributed by atoms with Crippen molar-refractivity contribution in [2.75, 3.05) is 0 Å². The summed E-state index contributed by atoms with van der Waals surface area (Å²) in [6.07, 6.45) is 4.22. The Kier molecular flexibility index (Phi) is 6.38. The van der Waals surface area contributed by atoms with E-state index in [9.17, 15) is 10.2 Å². The van der Waals surface area contributed by atoms with Gasteiger partial charge in [-0.1, -0.05) is 72.8 Å². The third kappa shape index (κ3) is 4.88. The first-order chi connectivity index (χ1) is 22.1. The summed E-state index contributed by atoms with van der Waals surface area (Å²) in [7, 11) is 0. The molecule has 0 radical (unpaired) electrons.